The van der Waals surface area contributed by atoms with Gasteiger partial charge in [0.1, 0.15) is 29.5 Å². The fraction of sp³-hybridized carbons (Fsp3) is 0.190. The molecule has 0 saturated heterocycles. The third kappa shape index (κ3) is 3.01. The number of aromatic nitrogens is 3. The number of ether oxygens (including phenoxy) is 1. The molecule has 1 atom stereocenters. The van der Waals surface area contributed by atoms with E-state index in [1.165, 1.54) is 42.7 Å². The Balaban J connectivity index is 1.55. The van der Waals surface area contributed by atoms with Crippen molar-refractivity contribution < 1.29 is 22.7 Å². The lowest BCUT2D eigenvalue weighted by Gasteiger charge is -2.24. The van der Waals surface area contributed by atoms with Crippen molar-refractivity contribution in [2.75, 3.05) is 19.4 Å². The molecule has 32 heavy (non-hydrogen) atoms. The summed E-state index contributed by atoms with van der Waals surface area (Å²) in [5, 5.41) is -0.127. The van der Waals surface area contributed by atoms with E-state index in [-0.39, 0.29) is 39.8 Å². The molecule has 1 aliphatic heterocycles. The van der Waals surface area contributed by atoms with Crippen LogP contribution in [0.5, 0.6) is 5.75 Å². The van der Waals surface area contributed by atoms with Crippen molar-refractivity contribution >= 4 is 39.9 Å². The highest BCUT2D eigenvalue weighted by molar-refractivity contribution is 6.31. The van der Waals surface area contributed by atoms with Crippen LogP contribution in [0.25, 0.3) is 16.6 Å². The second-order valence-electron chi connectivity index (χ2n) is 7.42. The first-order valence-electron chi connectivity index (χ1n) is 9.48. The molecule has 2 N–H and O–H groups in total. The lowest BCUT2D eigenvalue weighted by molar-refractivity contribution is 0.0704. The lowest BCUT2D eigenvalue weighted by Crippen LogP contribution is -2.32. The summed E-state index contributed by atoms with van der Waals surface area (Å²) in [6.07, 6.45) is 0.252. The number of likely N-dealkylation sites (N-methyl/N-ethyl adjacent to an activating group) is 1. The molecule has 7 nitrogen and oxygen atoms in total. The molecule has 0 spiro atoms. The Labute approximate surface area is 184 Å². The van der Waals surface area contributed by atoms with Gasteiger partial charge in [0.05, 0.1) is 40.2 Å². The molecule has 2 aromatic carbocycles. The van der Waals surface area contributed by atoms with Gasteiger partial charge in [0.25, 0.3) is 12.3 Å². The number of imidazole rings is 1. The van der Waals surface area contributed by atoms with E-state index in [9.17, 15) is 18.0 Å². The largest absolute Gasteiger partial charge is 0.491 e. The molecule has 0 bridgehead atoms. The van der Waals surface area contributed by atoms with Gasteiger partial charge in [0.2, 0.25) is 0 Å². The molecule has 4 aromatic rings. The number of nitrogens with two attached hydrogens (primary N) is 1. The third-order valence-electron chi connectivity index (χ3n) is 5.60. The number of benzene rings is 2. The van der Waals surface area contributed by atoms with Crippen LogP contribution in [0.2, 0.25) is 5.02 Å². The first-order chi connectivity index (χ1) is 15.3. The minimum Gasteiger partial charge on any atom is -0.491 e. The zero-order chi connectivity index (χ0) is 22.7. The number of alkyl halides is 2. The number of rotatable bonds is 3. The summed E-state index contributed by atoms with van der Waals surface area (Å²) in [5.74, 6) is -0.991. The molecule has 1 amide bonds. The van der Waals surface area contributed by atoms with Crippen molar-refractivity contribution in [2.45, 2.75) is 12.5 Å². The number of amides is 1. The van der Waals surface area contributed by atoms with E-state index in [4.69, 9.17) is 22.1 Å². The Morgan fingerprint density at radius 3 is 2.84 bits per heavy atom. The van der Waals surface area contributed by atoms with Crippen molar-refractivity contribution in [1.29, 1.82) is 0 Å². The Morgan fingerprint density at radius 1 is 1.31 bits per heavy atom. The summed E-state index contributed by atoms with van der Waals surface area (Å²) in [4.78, 5) is 22.7. The number of nitrogen functional groups attached to an aromatic ring is 1. The van der Waals surface area contributed by atoms with Crippen LogP contribution in [0.4, 0.5) is 19.0 Å². The van der Waals surface area contributed by atoms with Gasteiger partial charge >= 0.3 is 0 Å². The van der Waals surface area contributed by atoms with Crippen LogP contribution >= 0.6 is 11.6 Å². The Kier molecular flexibility index (Phi) is 4.63. The van der Waals surface area contributed by atoms with E-state index in [0.717, 1.165) is 6.07 Å². The molecule has 0 fully saturated rings. The first-order valence-corrected chi connectivity index (χ1v) is 9.86. The molecule has 1 aliphatic rings. The molecule has 3 heterocycles. The molecular weight excluding hydrogens is 447 g/mol. The molecule has 5 rings (SSSR count). The van der Waals surface area contributed by atoms with Crippen LogP contribution in [0.1, 0.15) is 34.0 Å². The van der Waals surface area contributed by atoms with Gasteiger partial charge in [-0.25, -0.2) is 23.1 Å². The summed E-state index contributed by atoms with van der Waals surface area (Å²) < 4.78 is 48.3. The molecular formula is C21H15ClF3N5O2. The van der Waals surface area contributed by atoms with Crippen LogP contribution in [-0.2, 0) is 0 Å². The van der Waals surface area contributed by atoms with Gasteiger partial charge in [-0.2, -0.15) is 0 Å². The van der Waals surface area contributed by atoms with E-state index >= 15 is 0 Å². The van der Waals surface area contributed by atoms with Crippen molar-refractivity contribution in [2.24, 2.45) is 0 Å². The highest BCUT2D eigenvalue weighted by atomic mass is 35.5. The SMILES string of the molecule is CN(C(=O)c1cc2c(cc1F)nc(N)c1cncn12)[C@@H]1COc2cc(C(F)F)c(Cl)cc21. The topological polar surface area (TPSA) is 85.8 Å². The summed E-state index contributed by atoms with van der Waals surface area (Å²) >= 11 is 5.99. The van der Waals surface area contributed by atoms with Crippen molar-refractivity contribution in [1.82, 2.24) is 19.3 Å². The molecule has 164 valence electrons. The molecule has 0 radical (unpaired) electrons. The first kappa shape index (κ1) is 20.4. The van der Waals surface area contributed by atoms with Gasteiger partial charge in [0.15, 0.2) is 0 Å². The lowest BCUT2D eigenvalue weighted by atomic mass is 10.0. The zero-order valence-corrected chi connectivity index (χ0v) is 17.3. The fourth-order valence-corrected chi connectivity index (χ4v) is 4.16. The monoisotopic (exact) mass is 461 g/mol. The van der Waals surface area contributed by atoms with Gasteiger partial charge in [0, 0.05) is 24.2 Å². The maximum atomic E-state index is 14.9. The van der Waals surface area contributed by atoms with Gasteiger partial charge in [-0.05, 0) is 18.2 Å². The highest BCUT2D eigenvalue weighted by Gasteiger charge is 2.33. The summed E-state index contributed by atoms with van der Waals surface area (Å²) in [6.45, 7) is 0.0274. The number of carbonyl (C=O) groups is 1. The van der Waals surface area contributed by atoms with E-state index in [1.807, 2.05) is 0 Å². The second kappa shape index (κ2) is 7.27. The van der Waals surface area contributed by atoms with Gasteiger partial charge in [-0.3, -0.25) is 9.20 Å². The third-order valence-corrected chi connectivity index (χ3v) is 5.93. The fourth-order valence-electron chi connectivity index (χ4n) is 3.91. The molecule has 0 saturated carbocycles. The molecule has 0 unspecified atom stereocenters. The number of carbonyl (C=O) groups excluding carboxylic acids is 1. The minimum absolute atomic E-state index is 0.0274. The van der Waals surface area contributed by atoms with Crippen LogP contribution in [0.3, 0.4) is 0 Å². The Bertz CT molecular complexity index is 1410. The average molecular weight is 462 g/mol. The molecule has 11 heteroatoms. The van der Waals surface area contributed by atoms with Crippen LogP contribution in [-0.4, -0.2) is 38.8 Å². The van der Waals surface area contributed by atoms with Crippen molar-refractivity contribution in [3.8, 4) is 5.75 Å². The molecule has 0 aliphatic carbocycles. The van der Waals surface area contributed by atoms with Gasteiger partial charge in [-0.1, -0.05) is 11.6 Å². The predicted octanol–water partition coefficient (Wildman–Crippen LogP) is 4.40. The highest BCUT2D eigenvalue weighted by Crippen LogP contribution is 2.42. The van der Waals surface area contributed by atoms with E-state index in [1.54, 1.807) is 4.40 Å². The van der Waals surface area contributed by atoms with E-state index in [0.29, 0.717) is 16.6 Å². The van der Waals surface area contributed by atoms with Crippen LogP contribution in [0, 0.1) is 5.82 Å². The second-order valence-corrected chi connectivity index (χ2v) is 7.83. The van der Waals surface area contributed by atoms with Crippen molar-refractivity contribution in [3.63, 3.8) is 0 Å². The number of hydrogen-bond donors (Lipinski definition) is 1. The normalized spacial score (nSPS) is 15.4. The van der Waals surface area contributed by atoms with Crippen LogP contribution in [0.15, 0.2) is 36.8 Å². The van der Waals surface area contributed by atoms with Crippen LogP contribution < -0.4 is 10.5 Å². The van der Waals surface area contributed by atoms with Crippen molar-refractivity contribution in [3.05, 3.63) is 64.3 Å². The smallest absolute Gasteiger partial charge is 0.265 e. The quantitative estimate of drug-likeness (QED) is 0.488. The van der Waals surface area contributed by atoms with E-state index < -0.39 is 24.2 Å². The van der Waals surface area contributed by atoms with E-state index in [2.05, 4.69) is 9.97 Å². The number of fused-ring (bicyclic) bond motifs is 4. The summed E-state index contributed by atoms with van der Waals surface area (Å²) in [7, 11) is 1.48. The van der Waals surface area contributed by atoms with Gasteiger partial charge in [-0.15, -0.1) is 0 Å². The number of anilines is 1. The zero-order valence-electron chi connectivity index (χ0n) is 16.5. The standard InChI is InChI=1S/C21H15ClF3N5O2/c1-29(17-7-32-18-4-9(19(24)25)12(22)2-11(17)18)21(31)10-3-15-14(5-13(10)23)28-20(26)16-6-27-8-30(15)16/h2-6,8,17,19H,7H2,1H3,(H2,26,28)/t17-/m1/s1. The number of nitrogens with zero attached hydrogens (tertiary/aromatic N) is 4. The maximum absolute atomic E-state index is 14.9. The minimum atomic E-state index is -2.76. The summed E-state index contributed by atoms with van der Waals surface area (Å²) in [5.41, 5.74) is 7.08. The summed E-state index contributed by atoms with van der Waals surface area (Å²) in [6, 6.07) is 4.42. The Hall–Kier alpha value is -3.53. The Morgan fingerprint density at radius 2 is 2.09 bits per heavy atom. The predicted molar refractivity (Wildman–Crippen MR) is 112 cm³/mol. The average Bonchev–Trinajstić information content (AvgIpc) is 3.39. The number of halogens is 4. The maximum Gasteiger partial charge on any atom is 0.265 e. The molecule has 2 aromatic heterocycles. The van der Waals surface area contributed by atoms with Gasteiger partial charge < -0.3 is 15.4 Å². The number of hydrogen-bond acceptors (Lipinski definition) is 5.